The monoisotopic (exact) mass is 324 g/mol. The summed E-state index contributed by atoms with van der Waals surface area (Å²) < 4.78 is 23.6. The molecule has 3 aliphatic rings. The molecule has 0 aromatic heterocycles. The molecule has 3 nitrogen and oxygen atoms in total. The first-order chi connectivity index (χ1) is 11.0. The van der Waals surface area contributed by atoms with Crippen molar-refractivity contribution >= 4 is 15.6 Å². The molecule has 1 spiro atoms. The molecule has 0 bridgehead atoms. The second-order valence-electron chi connectivity index (χ2n) is 7.22. The van der Waals surface area contributed by atoms with Gasteiger partial charge in [-0.25, -0.2) is 8.42 Å². The quantitative estimate of drug-likeness (QED) is 0.748. The van der Waals surface area contributed by atoms with E-state index in [1.165, 1.54) is 11.1 Å². The molecule has 23 heavy (non-hydrogen) atoms. The Bertz CT molecular complexity index is 945. The standard InChI is InChI=1S/C19H16O3S/c20-18-17-4-2-1-3-12(17)7-19(18)8-13-5-15-10-23(21,22)11-16(15)6-14(13)9-19/h1-6H,7-11H2. The minimum Gasteiger partial charge on any atom is -0.294 e. The van der Waals surface area contributed by atoms with Crippen molar-refractivity contribution in [1.29, 1.82) is 0 Å². The lowest BCUT2D eigenvalue weighted by molar-refractivity contribution is 0.0831. The predicted octanol–water partition coefficient (Wildman–Crippen LogP) is 2.64. The van der Waals surface area contributed by atoms with Crippen LogP contribution in [0.15, 0.2) is 36.4 Å². The van der Waals surface area contributed by atoms with Gasteiger partial charge in [-0.05, 0) is 47.1 Å². The second kappa shape index (κ2) is 4.12. The average molecular weight is 324 g/mol. The zero-order valence-corrected chi connectivity index (χ0v) is 13.4. The first-order valence-corrected chi connectivity index (χ1v) is 9.75. The summed E-state index contributed by atoms with van der Waals surface area (Å²) in [5, 5.41) is 0. The van der Waals surface area contributed by atoms with Crippen molar-refractivity contribution in [3.63, 3.8) is 0 Å². The van der Waals surface area contributed by atoms with Crippen LogP contribution < -0.4 is 0 Å². The maximum atomic E-state index is 12.9. The first kappa shape index (κ1) is 13.5. The fourth-order valence-electron chi connectivity index (χ4n) is 4.62. The van der Waals surface area contributed by atoms with E-state index in [0.29, 0.717) is 0 Å². The highest BCUT2D eigenvalue weighted by Gasteiger charge is 2.49. The molecular formula is C19H16O3S. The van der Waals surface area contributed by atoms with Gasteiger partial charge in [-0.15, -0.1) is 0 Å². The number of benzene rings is 2. The molecule has 1 aliphatic heterocycles. The minimum absolute atomic E-state index is 0.150. The van der Waals surface area contributed by atoms with Crippen molar-refractivity contribution in [1.82, 2.24) is 0 Å². The normalized spacial score (nSPS) is 22.2. The molecular weight excluding hydrogens is 308 g/mol. The molecule has 2 aromatic rings. The predicted molar refractivity (Wildman–Crippen MR) is 87.1 cm³/mol. The number of ketones is 1. The smallest absolute Gasteiger partial charge is 0.170 e. The highest BCUT2D eigenvalue weighted by Crippen LogP contribution is 2.48. The van der Waals surface area contributed by atoms with Crippen LogP contribution in [0.3, 0.4) is 0 Å². The maximum Gasteiger partial charge on any atom is 0.170 e. The van der Waals surface area contributed by atoms with Gasteiger partial charge in [0, 0.05) is 11.0 Å². The molecule has 4 heteroatoms. The minimum atomic E-state index is -2.97. The summed E-state index contributed by atoms with van der Waals surface area (Å²) in [5.74, 6) is 0.560. The van der Waals surface area contributed by atoms with Crippen molar-refractivity contribution < 1.29 is 13.2 Å². The van der Waals surface area contributed by atoms with Crippen molar-refractivity contribution in [3.8, 4) is 0 Å². The van der Waals surface area contributed by atoms with Gasteiger partial charge in [0.05, 0.1) is 11.5 Å². The van der Waals surface area contributed by atoms with Crippen LogP contribution in [-0.4, -0.2) is 14.2 Å². The number of fused-ring (bicyclic) bond motifs is 3. The zero-order valence-electron chi connectivity index (χ0n) is 12.6. The molecule has 1 heterocycles. The summed E-state index contributed by atoms with van der Waals surface area (Å²) in [6, 6.07) is 12.0. The van der Waals surface area contributed by atoms with Gasteiger partial charge < -0.3 is 0 Å². The maximum absolute atomic E-state index is 12.9. The SMILES string of the molecule is O=C1c2ccccc2CC12Cc1cc3c(cc1C2)CS(=O)(=O)C3. The highest BCUT2D eigenvalue weighted by atomic mass is 32.2. The molecule has 2 aliphatic carbocycles. The van der Waals surface area contributed by atoms with Gasteiger partial charge in [-0.1, -0.05) is 36.4 Å². The molecule has 5 rings (SSSR count). The Hall–Kier alpha value is -1.94. The van der Waals surface area contributed by atoms with Gasteiger partial charge in [-0.2, -0.15) is 0 Å². The van der Waals surface area contributed by atoms with E-state index in [1.54, 1.807) is 0 Å². The van der Waals surface area contributed by atoms with E-state index in [4.69, 9.17) is 0 Å². The third kappa shape index (κ3) is 1.81. The Morgan fingerprint density at radius 3 is 1.96 bits per heavy atom. The Labute approximate surface area is 135 Å². The molecule has 2 aromatic carbocycles. The van der Waals surface area contributed by atoms with Crippen molar-refractivity contribution in [2.75, 3.05) is 0 Å². The second-order valence-corrected chi connectivity index (χ2v) is 9.28. The number of hydrogen-bond donors (Lipinski definition) is 0. The molecule has 0 fully saturated rings. The number of carbonyl (C=O) groups is 1. The van der Waals surface area contributed by atoms with Gasteiger partial charge in [0.25, 0.3) is 0 Å². The van der Waals surface area contributed by atoms with E-state index in [-0.39, 0.29) is 22.7 Å². The fraction of sp³-hybridized carbons (Fsp3) is 0.316. The largest absolute Gasteiger partial charge is 0.294 e. The average Bonchev–Trinajstić information content (AvgIpc) is 3.07. The Morgan fingerprint density at radius 1 is 0.783 bits per heavy atom. The molecule has 0 atom stereocenters. The Kier molecular flexibility index (Phi) is 2.42. The molecule has 0 saturated heterocycles. The van der Waals surface area contributed by atoms with Crippen LogP contribution in [0.5, 0.6) is 0 Å². The molecule has 0 saturated carbocycles. The van der Waals surface area contributed by atoms with Gasteiger partial charge in [0.1, 0.15) is 0 Å². The number of hydrogen-bond acceptors (Lipinski definition) is 3. The Balaban J connectivity index is 1.56. The van der Waals surface area contributed by atoms with E-state index >= 15 is 0 Å². The van der Waals surface area contributed by atoms with Gasteiger partial charge in [0.15, 0.2) is 15.6 Å². The molecule has 0 N–H and O–H groups in total. The third-order valence-corrected chi connectivity index (χ3v) is 7.10. The molecule has 0 amide bonds. The van der Waals surface area contributed by atoms with Crippen molar-refractivity contribution in [2.45, 2.75) is 30.8 Å². The summed E-state index contributed by atoms with van der Waals surface area (Å²) in [6.07, 6.45) is 2.28. The van der Waals surface area contributed by atoms with Crippen LogP contribution in [0.25, 0.3) is 0 Å². The number of rotatable bonds is 0. The van der Waals surface area contributed by atoms with E-state index in [9.17, 15) is 13.2 Å². The first-order valence-electron chi connectivity index (χ1n) is 7.93. The van der Waals surface area contributed by atoms with Crippen molar-refractivity contribution in [3.05, 3.63) is 69.8 Å². The summed E-state index contributed by atoms with van der Waals surface area (Å²) in [6.45, 7) is 0. The van der Waals surface area contributed by atoms with Gasteiger partial charge >= 0.3 is 0 Å². The number of Topliss-reactive ketones (excluding diaryl/α,β-unsaturated/α-hetero) is 1. The highest BCUT2D eigenvalue weighted by molar-refractivity contribution is 7.90. The lowest BCUT2D eigenvalue weighted by atomic mass is 9.81. The zero-order chi connectivity index (χ0) is 15.8. The van der Waals surface area contributed by atoms with Gasteiger partial charge in [0.2, 0.25) is 0 Å². The van der Waals surface area contributed by atoms with E-state index in [0.717, 1.165) is 41.5 Å². The lowest BCUT2D eigenvalue weighted by Crippen LogP contribution is -2.28. The van der Waals surface area contributed by atoms with Crippen LogP contribution in [0.4, 0.5) is 0 Å². The lowest BCUT2D eigenvalue weighted by Gasteiger charge is -2.20. The van der Waals surface area contributed by atoms with Crippen LogP contribution in [0.2, 0.25) is 0 Å². The summed E-state index contributed by atoms with van der Waals surface area (Å²) >= 11 is 0. The van der Waals surface area contributed by atoms with Crippen LogP contribution in [-0.2, 0) is 40.6 Å². The van der Waals surface area contributed by atoms with Crippen LogP contribution in [0, 0.1) is 5.41 Å². The Morgan fingerprint density at radius 2 is 1.35 bits per heavy atom. The molecule has 116 valence electrons. The van der Waals surface area contributed by atoms with Crippen molar-refractivity contribution in [2.24, 2.45) is 5.41 Å². The summed E-state index contributed by atoms with van der Waals surface area (Å²) in [5.41, 5.74) is 5.90. The fourth-order valence-corrected chi connectivity index (χ4v) is 6.21. The van der Waals surface area contributed by atoms with Crippen LogP contribution >= 0.6 is 0 Å². The third-order valence-electron chi connectivity index (χ3n) is 5.60. The summed E-state index contributed by atoms with van der Waals surface area (Å²) in [7, 11) is -2.97. The van der Waals surface area contributed by atoms with E-state index in [2.05, 4.69) is 6.07 Å². The van der Waals surface area contributed by atoms with E-state index in [1.807, 2.05) is 30.3 Å². The van der Waals surface area contributed by atoms with Crippen LogP contribution in [0.1, 0.15) is 38.2 Å². The topological polar surface area (TPSA) is 51.2 Å². The number of carbonyl (C=O) groups excluding carboxylic acids is 1. The van der Waals surface area contributed by atoms with Gasteiger partial charge in [-0.3, -0.25) is 4.79 Å². The van der Waals surface area contributed by atoms with E-state index < -0.39 is 9.84 Å². The molecule has 0 radical (unpaired) electrons. The molecule has 0 unspecified atom stereocenters. The summed E-state index contributed by atoms with van der Waals surface area (Å²) in [4.78, 5) is 12.9. The number of sulfone groups is 1.